The fraction of sp³-hybridized carbons (Fsp3) is 0.294. The van der Waals surface area contributed by atoms with Gasteiger partial charge >= 0.3 is 5.97 Å². The van der Waals surface area contributed by atoms with Crippen molar-refractivity contribution in [2.75, 3.05) is 0 Å². The Labute approximate surface area is 123 Å². The summed E-state index contributed by atoms with van der Waals surface area (Å²) in [7, 11) is 0. The van der Waals surface area contributed by atoms with Crippen LogP contribution < -0.4 is 0 Å². The molecule has 4 heteroatoms. The zero-order valence-corrected chi connectivity index (χ0v) is 11.8. The highest BCUT2D eigenvalue weighted by Gasteiger charge is 2.39. The number of carbonyl (C=O) groups excluding carboxylic acids is 1. The summed E-state index contributed by atoms with van der Waals surface area (Å²) in [4.78, 5) is 25.1. The van der Waals surface area contributed by atoms with E-state index in [0.717, 1.165) is 23.6 Å². The van der Waals surface area contributed by atoms with Gasteiger partial charge in [-0.2, -0.15) is 0 Å². The third kappa shape index (κ3) is 2.61. The van der Waals surface area contributed by atoms with Crippen molar-refractivity contribution in [3.8, 4) is 0 Å². The molecule has 0 bridgehead atoms. The normalized spacial score (nSPS) is 15.7. The van der Waals surface area contributed by atoms with E-state index in [1.54, 1.807) is 6.07 Å². The molecule has 0 aliphatic heterocycles. The first-order valence-electron chi connectivity index (χ1n) is 7.08. The van der Waals surface area contributed by atoms with E-state index in [2.05, 4.69) is 0 Å². The summed E-state index contributed by atoms with van der Waals surface area (Å²) in [5.41, 5.74) is 0.656. The molecule has 0 spiro atoms. The molecule has 1 amide bonds. The van der Waals surface area contributed by atoms with Crippen molar-refractivity contribution in [1.29, 1.82) is 0 Å². The number of nitrogens with zero attached hydrogens (tertiary/aromatic N) is 1. The van der Waals surface area contributed by atoms with E-state index >= 15 is 0 Å². The van der Waals surface area contributed by atoms with E-state index in [1.165, 1.54) is 11.8 Å². The summed E-state index contributed by atoms with van der Waals surface area (Å²) in [6.45, 7) is 1.44. The largest absolute Gasteiger partial charge is 0.479 e. The SMILES string of the molecule is CC(=O)N(C1CC1)C(C(=O)O)c1ccc2ccccc2c1. The quantitative estimate of drug-likeness (QED) is 0.938. The van der Waals surface area contributed by atoms with E-state index in [9.17, 15) is 14.7 Å². The molecule has 0 heterocycles. The van der Waals surface area contributed by atoms with Gasteiger partial charge in [0.25, 0.3) is 0 Å². The highest BCUT2D eigenvalue weighted by molar-refractivity contribution is 5.87. The van der Waals surface area contributed by atoms with Crippen molar-refractivity contribution in [1.82, 2.24) is 4.90 Å². The molecule has 4 nitrogen and oxygen atoms in total. The summed E-state index contributed by atoms with van der Waals surface area (Å²) < 4.78 is 0. The van der Waals surface area contributed by atoms with E-state index in [0.29, 0.717) is 5.56 Å². The minimum Gasteiger partial charge on any atom is -0.479 e. The number of carboxylic acids is 1. The fourth-order valence-electron chi connectivity index (χ4n) is 2.80. The average molecular weight is 283 g/mol. The number of hydrogen-bond acceptors (Lipinski definition) is 2. The summed E-state index contributed by atoms with van der Waals surface area (Å²) in [6, 6.07) is 12.5. The number of hydrogen-bond donors (Lipinski definition) is 1. The second-order valence-corrected chi connectivity index (χ2v) is 5.50. The molecule has 1 atom stereocenters. The van der Waals surface area contributed by atoms with Gasteiger partial charge in [-0.25, -0.2) is 4.79 Å². The average Bonchev–Trinajstić information content (AvgIpc) is 3.27. The predicted octanol–water partition coefficient (Wildman–Crippen LogP) is 2.98. The van der Waals surface area contributed by atoms with Crippen LogP contribution in [0.2, 0.25) is 0 Å². The number of carbonyl (C=O) groups is 2. The first-order valence-corrected chi connectivity index (χ1v) is 7.08. The van der Waals surface area contributed by atoms with Gasteiger partial charge in [0.2, 0.25) is 5.91 Å². The molecular formula is C17H17NO3. The molecular weight excluding hydrogens is 266 g/mol. The molecule has 21 heavy (non-hydrogen) atoms. The van der Waals surface area contributed by atoms with Crippen molar-refractivity contribution < 1.29 is 14.7 Å². The monoisotopic (exact) mass is 283 g/mol. The highest BCUT2D eigenvalue weighted by Crippen LogP contribution is 2.35. The van der Waals surface area contributed by atoms with Crippen LogP contribution in [0.1, 0.15) is 31.4 Å². The standard InChI is InChI=1S/C17H17NO3/c1-11(19)18(15-8-9-15)16(17(20)21)14-7-6-12-4-2-3-5-13(12)10-14/h2-7,10,15-16H,8-9H2,1H3,(H,20,21). The van der Waals surface area contributed by atoms with E-state index in [4.69, 9.17) is 0 Å². The Balaban J connectivity index is 2.06. The van der Waals surface area contributed by atoms with Gasteiger partial charge in [-0.05, 0) is 35.2 Å². The summed E-state index contributed by atoms with van der Waals surface area (Å²) in [6.07, 6.45) is 1.77. The predicted molar refractivity (Wildman–Crippen MR) is 79.9 cm³/mol. The van der Waals surface area contributed by atoms with E-state index < -0.39 is 12.0 Å². The van der Waals surface area contributed by atoms with Gasteiger partial charge in [0.05, 0.1) is 0 Å². The Morgan fingerprint density at radius 1 is 1.14 bits per heavy atom. The maximum Gasteiger partial charge on any atom is 0.331 e. The Bertz CT molecular complexity index is 706. The smallest absolute Gasteiger partial charge is 0.331 e. The fourth-order valence-corrected chi connectivity index (χ4v) is 2.80. The molecule has 1 N–H and O–H groups in total. The molecule has 2 aromatic carbocycles. The van der Waals surface area contributed by atoms with Crippen LogP contribution in [0.15, 0.2) is 42.5 Å². The number of benzene rings is 2. The second-order valence-electron chi connectivity index (χ2n) is 5.50. The van der Waals surface area contributed by atoms with E-state index in [-0.39, 0.29) is 11.9 Å². The number of aliphatic carboxylic acids is 1. The van der Waals surface area contributed by atoms with Crippen LogP contribution in [0.25, 0.3) is 10.8 Å². The van der Waals surface area contributed by atoms with Crippen molar-refractivity contribution in [3.05, 3.63) is 48.0 Å². The molecule has 3 rings (SSSR count). The van der Waals surface area contributed by atoms with Gasteiger partial charge < -0.3 is 10.0 Å². The van der Waals surface area contributed by atoms with Crippen LogP contribution in [-0.4, -0.2) is 27.9 Å². The minimum atomic E-state index is -0.979. The van der Waals surface area contributed by atoms with Gasteiger partial charge in [0, 0.05) is 13.0 Å². The Morgan fingerprint density at radius 3 is 2.38 bits per heavy atom. The first kappa shape index (κ1) is 13.6. The number of rotatable bonds is 4. The van der Waals surface area contributed by atoms with Gasteiger partial charge in [0.15, 0.2) is 6.04 Å². The topological polar surface area (TPSA) is 57.6 Å². The third-order valence-electron chi connectivity index (χ3n) is 3.91. The maximum atomic E-state index is 11.9. The maximum absolute atomic E-state index is 11.9. The molecule has 1 aliphatic carbocycles. The molecule has 0 aromatic heterocycles. The lowest BCUT2D eigenvalue weighted by molar-refractivity contribution is -0.150. The molecule has 0 saturated heterocycles. The molecule has 1 aliphatic rings. The molecule has 0 radical (unpaired) electrons. The lowest BCUT2D eigenvalue weighted by Gasteiger charge is -2.28. The number of amides is 1. The lowest BCUT2D eigenvalue weighted by atomic mass is 10.0. The molecule has 1 saturated carbocycles. The number of fused-ring (bicyclic) bond motifs is 1. The van der Waals surface area contributed by atoms with Gasteiger partial charge in [-0.1, -0.05) is 36.4 Å². The summed E-state index contributed by atoms with van der Waals surface area (Å²) >= 11 is 0. The lowest BCUT2D eigenvalue weighted by Crippen LogP contribution is -2.39. The van der Waals surface area contributed by atoms with Crippen LogP contribution in [0.4, 0.5) is 0 Å². The van der Waals surface area contributed by atoms with Crippen LogP contribution in [0.3, 0.4) is 0 Å². The zero-order chi connectivity index (χ0) is 15.0. The molecule has 1 fully saturated rings. The Morgan fingerprint density at radius 2 is 1.81 bits per heavy atom. The van der Waals surface area contributed by atoms with Crippen molar-refractivity contribution >= 4 is 22.6 Å². The van der Waals surface area contributed by atoms with Crippen molar-refractivity contribution in [3.63, 3.8) is 0 Å². The van der Waals surface area contributed by atoms with Crippen molar-refractivity contribution in [2.24, 2.45) is 0 Å². The highest BCUT2D eigenvalue weighted by atomic mass is 16.4. The molecule has 2 aromatic rings. The molecule has 1 unspecified atom stereocenters. The summed E-state index contributed by atoms with van der Waals surface area (Å²) in [5.74, 6) is -1.16. The summed E-state index contributed by atoms with van der Waals surface area (Å²) in [5, 5.41) is 11.6. The second kappa shape index (κ2) is 5.20. The van der Waals surface area contributed by atoms with Gasteiger partial charge in [-0.15, -0.1) is 0 Å². The van der Waals surface area contributed by atoms with Crippen LogP contribution >= 0.6 is 0 Å². The minimum absolute atomic E-state index is 0.0649. The van der Waals surface area contributed by atoms with Crippen LogP contribution in [0.5, 0.6) is 0 Å². The van der Waals surface area contributed by atoms with Gasteiger partial charge in [-0.3, -0.25) is 4.79 Å². The van der Waals surface area contributed by atoms with Gasteiger partial charge in [0.1, 0.15) is 0 Å². The Kier molecular flexibility index (Phi) is 3.37. The molecule has 108 valence electrons. The van der Waals surface area contributed by atoms with Crippen LogP contribution in [0, 0.1) is 0 Å². The van der Waals surface area contributed by atoms with Crippen molar-refractivity contribution in [2.45, 2.75) is 31.8 Å². The van der Waals surface area contributed by atoms with Crippen LogP contribution in [-0.2, 0) is 9.59 Å². The van der Waals surface area contributed by atoms with E-state index in [1.807, 2.05) is 36.4 Å². The zero-order valence-electron chi connectivity index (χ0n) is 11.8. The Hall–Kier alpha value is -2.36. The third-order valence-corrected chi connectivity index (χ3v) is 3.91. The first-order chi connectivity index (χ1) is 10.1. The number of carboxylic acid groups (broad SMARTS) is 1.